The monoisotopic (exact) mass is 424 g/mol. The van der Waals surface area contributed by atoms with Gasteiger partial charge in [0.25, 0.3) is 5.91 Å². The first kappa shape index (κ1) is 20.1. The molecule has 0 spiro atoms. The van der Waals surface area contributed by atoms with Crippen LogP contribution in [0, 0.1) is 0 Å². The highest BCUT2D eigenvalue weighted by Crippen LogP contribution is 2.32. The zero-order valence-electron chi connectivity index (χ0n) is 15.9. The number of hydrogen-bond acceptors (Lipinski definition) is 4. The smallest absolute Gasteiger partial charge is 0.416 e. The zero-order valence-corrected chi connectivity index (χ0v) is 15.9. The second-order valence-electron chi connectivity index (χ2n) is 6.51. The van der Waals surface area contributed by atoms with Crippen molar-refractivity contribution < 1.29 is 22.4 Å². The average Bonchev–Trinajstić information content (AvgIpc) is 3.44. The van der Waals surface area contributed by atoms with Crippen LogP contribution in [0.25, 0.3) is 22.6 Å². The first-order valence-electron chi connectivity index (χ1n) is 9.12. The molecule has 0 atom stereocenters. The van der Waals surface area contributed by atoms with Crippen LogP contribution in [0.1, 0.15) is 21.8 Å². The van der Waals surface area contributed by atoms with Gasteiger partial charge in [-0.15, -0.1) is 0 Å². The molecule has 9 heteroatoms. The van der Waals surface area contributed by atoms with E-state index in [0.717, 1.165) is 17.7 Å². The maximum atomic E-state index is 12.9. The molecule has 4 aromatic rings. The lowest BCUT2D eigenvalue weighted by molar-refractivity contribution is -0.137. The lowest BCUT2D eigenvalue weighted by Gasteiger charge is -2.07. The van der Waals surface area contributed by atoms with E-state index in [4.69, 9.17) is 4.42 Å². The molecule has 0 bridgehead atoms. The molecule has 4 rings (SSSR count). The second kappa shape index (κ2) is 8.31. The van der Waals surface area contributed by atoms with Crippen LogP contribution < -0.4 is 5.43 Å². The lowest BCUT2D eigenvalue weighted by atomic mass is 10.1. The van der Waals surface area contributed by atoms with Crippen molar-refractivity contribution in [1.29, 1.82) is 0 Å². The van der Waals surface area contributed by atoms with Crippen LogP contribution in [-0.4, -0.2) is 22.3 Å². The van der Waals surface area contributed by atoms with E-state index in [9.17, 15) is 18.0 Å². The van der Waals surface area contributed by atoms with Crippen molar-refractivity contribution in [2.24, 2.45) is 5.10 Å². The summed E-state index contributed by atoms with van der Waals surface area (Å²) in [6.07, 6.45) is -3.19. The molecule has 31 heavy (non-hydrogen) atoms. The summed E-state index contributed by atoms with van der Waals surface area (Å²) in [4.78, 5) is 12.2. The molecule has 2 aromatic heterocycles. The molecule has 0 aliphatic carbocycles. The van der Waals surface area contributed by atoms with Crippen LogP contribution >= 0.6 is 0 Å². The number of furan rings is 1. The number of nitrogens with zero attached hydrogens (tertiary/aromatic N) is 2. The van der Waals surface area contributed by atoms with Crippen LogP contribution in [0.5, 0.6) is 0 Å². The Bertz CT molecular complexity index is 1230. The van der Waals surface area contributed by atoms with E-state index in [0.29, 0.717) is 5.69 Å². The molecule has 2 aromatic carbocycles. The van der Waals surface area contributed by atoms with E-state index in [-0.39, 0.29) is 22.8 Å². The summed E-state index contributed by atoms with van der Waals surface area (Å²) >= 11 is 0. The largest absolute Gasteiger partial charge is 0.455 e. The van der Waals surface area contributed by atoms with Crippen molar-refractivity contribution in [3.05, 3.63) is 89.8 Å². The third-order valence-electron chi connectivity index (χ3n) is 4.35. The predicted octanol–water partition coefficient (Wildman–Crippen LogP) is 5.12. The maximum absolute atomic E-state index is 12.9. The van der Waals surface area contributed by atoms with Gasteiger partial charge in [0.1, 0.15) is 17.2 Å². The highest BCUT2D eigenvalue weighted by atomic mass is 19.4. The minimum Gasteiger partial charge on any atom is -0.455 e. The molecule has 156 valence electrons. The van der Waals surface area contributed by atoms with Gasteiger partial charge in [-0.3, -0.25) is 9.89 Å². The Kier molecular flexibility index (Phi) is 5.40. The number of nitrogens with one attached hydrogen (secondary N) is 2. The molecule has 0 aliphatic heterocycles. The van der Waals surface area contributed by atoms with Gasteiger partial charge in [0.2, 0.25) is 0 Å². The van der Waals surface area contributed by atoms with Crippen molar-refractivity contribution in [3.63, 3.8) is 0 Å². The van der Waals surface area contributed by atoms with Gasteiger partial charge in [-0.1, -0.05) is 42.5 Å². The van der Waals surface area contributed by atoms with Crippen LogP contribution in [-0.2, 0) is 6.18 Å². The normalized spacial score (nSPS) is 11.7. The number of rotatable bonds is 5. The Morgan fingerprint density at radius 1 is 1.00 bits per heavy atom. The minimum absolute atomic E-state index is 0.222. The number of benzene rings is 2. The molecule has 0 saturated carbocycles. The van der Waals surface area contributed by atoms with Crippen molar-refractivity contribution in [1.82, 2.24) is 15.6 Å². The summed E-state index contributed by atoms with van der Waals surface area (Å²) in [5.41, 5.74) is 3.56. The molecule has 2 N–H and O–H groups in total. The molecular formula is C22H15F3N4O2. The average molecular weight is 424 g/mol. The van der Waals surface area contributed by atoms with Gasteiger partial charge in [0.05, 0.1) is 17.5 Å². The molecule has 0 aliphatic rings. The first-order valence-corrected chi connectivity index (χ1v) is 9.12. The van der Waals surface area contributed by atoms with Crippen LogP contribution in [0.2, 0.25) is 0 Å². The summed E-state index contributed by atoms with van der Waals surface area (Å²) in [7, 11) is 0. The number of hydrazone groups is 1. The molecule has 1 amide bonds. The van der Waals surface area contributed by atoms with Gasteiger partial charge >= 0.3 is 6.18 Å². The predicted molar refractivity (Wildman–Crippen MR) is 108 cm³/mol. The topological polar surface area (TPSA) is 83.3 Å². The van der Waals surface area contributed by atoms with E-state index >= 15 is 0 Å². The lowest BCUT2D eigenvalue weighted by Crippen LogP contribution is -2.17. The maximum Gasteiger partial charge on any atom is 0.416 e. The SMILES string of the molecule is O=C(N/N=C/c1ccc(-c2cccc(C(F)(F)F)c2)o1)c1cc(-c2ccccc2)n[nH]1. The van der Waals surface area contributed by atoms with E-state index in [1.807, 2.05) is 30.3 Å². The molecule has 0 unspecified atom stereocenters. The Morgan fingerprint density at radius 3 is 2.55 bits per heavy atom. The summed E-state index contributed by atoms with van der Waals surface area (Å²) in [6.45, 7) is 0. The Balaban J connectivity index is 1.41. The number of aromatic nitrogens is 2. The fourth-order valence-electron chi connectivity index (χ4n) is 2.84. The molecular weight excluding hydrogens is 409 g/mol. The molecule has 0 radical (unpaired) electrons. The first-order chi connectivity index (χ1) is 14.9. The fourth-order valence-corrected chi connectivity index (χ4v) is 2.84. The number of aromatic amines is 1. The van der Waals surface area contributed by atoms with Crippen LogP contribution in [0.3, 0.4) is 0 Å². The highest BCUT2D eigenvalue weighted by molar-refractivity contribution is 5.94. The quantitative estimate of drug-likeness (QED) is 0.345. The van der Waals surface area contributed by atoms with Crippen molar-refractivity contribution in [3.8, 4) is 22.6 Å². The van der Waals surface area contributed by atoms with Crippen LogP contribution in [0.15, 0.2) is 82.3 Å². The third-order valence-corrected chi connectivity index (χ3v) is 4.35. The van der Waals surface area contributed by atoms with Gasteiger partial charge in [-0.2, -0.15) is 23.4 Å². The van der Waals surface area contributed by atoms with E-state index < -0.39 is 17.6 Å². The number of carbonyl (C=O) groups is 1. The van der Waals surface area contributed by atoms with E-state index in [2.05, 4.69) is 20.7 Å². The summed E-state index contributed by atoms with van der Waals surface area (Å²) in [5, 5.41) is 10.6. The Hall–Kier alpha value is -4.14. The van der Waals surface area contributed by atoms with Crippen LogP contribution in [0.4, 0.5) is 13.2 Å². The number of alkyl halides is 3. The van der Waals surface area contributed by atoms with Crippen molar-refractivity contribution in [2.75, 3.05) is 0 Å². The number of halogens is 3. The minimum atomic E-state index is -4.44. The zero-order chi connectivity index (χ0) is 21.8. The standard InChI is InChI=1S/C22H15F3N4O2/c23-22(24,25)16-8-4-7-15(11-16)20-10-9-17(31-20)13-26-29-21(30)19-12-18(27-28-19)14-5-2-1-3-6-14/h1-13H,(H,27,28)(H,29,30)/b26-13+. The van der Waals surface area contributed by atoms with Gasteiger partial charge in [0, 0.05) is 11.1 Å². The number of carbonyl (C=O) groups excluding carboxylic acids is 1. The van der Waals surface area contributed by atoms with Gasteiger partial charge in [-0.05, 0) is 30.3 Å². The number of hydrogen-bond donors (Lipinski definition) is 2. The van der Waals surface area contributed by atoms with Gasteiger partial charge in [-0.25, -0.2) is 5.43 Å². The van der Waals surface area contributed by atoms with E-state index in [1.54, 1.807) is 6.07 Å². The summed E-state index contributed by atoms with van der Waals surface area (Å²) in [5.74, 6) is 0.0119. The summed E-state index contributed by atoms with van der Waals surface area (Å²) in [6, 6.07) is 18.8. The molecule has 6 nitrogen and oxygen atoms in total. The molecule has 0 saturated heterocycles. The third kappa shape index (κ3) is 4.72. The Labute approximate surface area is 174 Å². The fraction of sp³-hybridized carbons (Fsp3) is 0.0455. The highest BCUT2D eigenvalue weighted by Gasteiger charge is 2.30. The van der Waals surface area contributed by atoms with Crippen molar-refractivity contribution in [2.45, 2.75) is 6.18 Å². The molecule has 2 heterocycles. The Morgan fingerprint density at radius 2 is 1.77 bits per heavy atom. The van der Waals surface area contributed by atoms with Crippen molar-refractivity contribution >= 4 is 12.1 Å². The van der Waals surface area contributed by atoms with Gasteiger partial charge < -0.3 is 4.42 Å². The van der Waals surface area contributed by atoms with E-state index in [1.165, 1.54) is 30.5 Å². The molecule has 0 fully saturated rings. The summed E-state index contributed by atoms with van der Waals surface area (Å²) < 4.78 is 44.1. The number of H-pyrrole nitrogens is 1. The second-order valence-corrected chi connectivity index (χ2v) is 6.51. The van der Waals surface area contributed by atoms with Gasteiger partial charge in [0.15, 0.2) is 0 Å². The number of amides is 1.